The molecule has 0 N–H and O–H groups in total. The Labute approximate surface area is 231 Å². The van der Waals surface area contributed by atoms with Gasteiger partial charge in [0.2, 0.25) is 0 Å². The zero-order chi connectivity index (χ0) is 27.8. The Morgan fingerprint density at radius 1 is 1.23 bits per heavy atom. The molecule has 5 rings (SSSR count). The Bertz CT molecular complexity index is 1850. The molecule has 198 valence electrons. The minimum atomic E-state index is -0.823. The summed E-state index contributed by atoms with van der Waals surface area (Å²) in [5, 5.41) is 11.6. The molecule has 11 heteroatoms. The van der Waals surface area contributed by atoms with Crippen molar-refractivity contribution in [2.24, 2.45) is 4.99 Å². The highest BCUT2D eigenvalue weighted by Crippen LogP contribution is 2.34. The van der Waals surface area contributed by atoms with Crippen LogP contribution < -0.4 is 14.9 Å². The average Bonchev–Trinajstić information content (AvgIpc) is 3.48. The first-order valence-electron chi connectivity index (χ1n) is 12.0. The van der Waals surface area contributed by atoms with Gasteiger partial charge in [-0.1, -0.05) is 47.2 Å². The summed E-state index contributed by atoms with van der Waals surface area (Å²) >= 11 is 7.69. The number of allylic oxidation sites excluding steroid dienone is 1. The number of nitrogens with zero attached hydrogens (tertiary/aromatic N) is 3. The van der Waals surface area contributed by atoms with Crippen molar-refractivity contribution in [3.05, 3.63) is 118 Å². The second-order valence-electron chi connectivity index (χ2n) is 8.78. The molecule has 0 saturated heterocycles. The predicted octanol–water partition coefficient (Wildman–Crippen LogP) is 4.93. The summed E-state index contributed by atoms with van der Waals surface area (Å²) in [7, 11) is 0. The van der Waals surface area contributed by atoms with Gasteiger partial charge in [0.15, 0.2) is 4.80 Å². The molecule has 1 unspecified atom stereocenters. The van der Waals surface area contributed by atoms with Gasteiger partial charge in [0, 0.05) is 28.8 Å². The van der Waals surface area contributed by atoms with Gasteiger partial charge in [-0.2, -0.15) is 0 Å². The summed E-state index contributed by atoms with van der Waals surface area (Å²) in [4.78, 5) is 42.5. The number of aromatic nitrogens is 1. The quantitative estimate of drug-likeness (QED) is 0.186. The Hall–Kier alpha value is -4.28. The first-order chi connectivity index (χ1) is 18.7. The molecule has 0 radical (unpaired) electrons. The number of ether oxygens (including phenoxy) is 1. The second-order valence-corrected chi connectivity index (χ2v) is 10.2. The molecular weight excluding hydrogens is 542 g/mol. The number of aryl methyl sites for hydroxylation is 1. The standard InChI is InChI=1S/C28H22ClN3O6S/c1-4-37-27(34)24-16(3)30-28-31(25(24)19-7-5-6-8-21(19)29)26(33)23(39-28)14-18-11-12-22(38-18)20-13-17(32(35)36)10-9-15(20)2/h5-14,25H,4H2,1-3H3. The minimum Gasteiger partial charge on any atom is -0.463 e. The maximum atomic E-state index is 13.7. The molecule has 9 nitrogen and oxygen atoms in total. The van der Waals surface area contributed by atoms with Crippen LogP contribution in [0.3, 0.4) is 0 Å². The molecule has 0 saturated carbocycles. The molecule has 0 amide bonds. The summed E-state index contributed by atoms with van der Waals surface area (Å²) in [6.07, 6.45) is 1.59. The van der Waals surface area contributed by atoms with Crippen LogP contribution in [0.15, 0.2) is 80.1 Å². The van der Waals surface area contributed by atoms with Crippen LogP contribution in [-0.2, 0) is 9.53 Å². The van der Waals surface area contributed by atoms with Crippen LogP contribution in [0.4, 0.5) is 5.69 Å². The summed E-state index contributed by atoms with van der Waals surface area (Å²) < 4.78 is 13.0. The fourth-order valence-corrected chi connectivity index (χ4v) is 5.74. The van der Waals surface area contributed by atoms with E-state index in [1.165, 1.54) is 16.7 Å². The first kappa shape index (κ1) is 26.3. The Balaban J connectivity index is 1.64. The van der Waals surface area contributed by atoms with Crippen molar-refractivity contribution in [2.75, 3.05) is 6.61 Å². The molecule has 39 heavy (non-hydrogen) atoms. The van der Waals surface area contributed by atoms with Gasteiger partial charge in [-0.05, 0) is 50.1 Å². The SMILES string of the molecule is CCOC(=O)C1=C(C)N=c2sc(=Cc3ccc(-c4cc([N+](=O)[O-])ccc4C)o3)c(=O)n2C1c1ccccc1Cl. The van der Waals surface area contributed by atoms with Crippen LogP contribution in [0.5, 0.6) is 0 Å². The van der Waals surface area contributed by atoms with Crippen molar-refractivity contribution in [3.63, 3.8) is 0 Å². The van der Waals surface area contributed by atoms with Gasteiger partial charge in [0.05, 0.1) is 27.3 Å². The van der Waals surface area contributed by atoms with Crippen molar-refractivity contribution in [2.45, 2.75) is 26.8 Å². The lowest BCUT2D eigenvalue weighted by molar-refractivity contribution is -0.384. The normalized spacial score (nSPS) is 15.2. The lowest BCUT2D eigenvalue weighted by atomic mass is 9.96. The average molecular weight is 564 g/mol. The van der Waals surface area contributed by atoms with Crippen LogP contribution in [0.1, 0.15) is 36.8 Å². The number of furan rings is 1. The third kappa shape index (κ3) is 4.84. The number of benzene rings is 2. The van der Waals surface area contributed by atoms with E-state index in [1.807, 2.05) is 6.92 Å². The monoisotopic (exact) mass is 563 g/mol. The van der Waals surface area contributed by atoms with Gasteiger partial charge in [-0.15, -0.1) is 0 Å². The zero-order valence-corrected chi connectivity index (χ0v) is 22.7. The molecule has 2 aromatic heterocycles. The number of thiazole rings is 1. The summed E-state index contributed by atoms with van der Waals surface area (Å²) in [6, 6.07) is 14.1. The van der Waals surface area contributed by atoms with E-state index in [0.717, 1.165) is 16.9 Å². The maximum absolute atomic E-state index is 13.7. The van der Waals surface area contributed by atoms with Crippen LogP contribution in [0.2, 0.25) is 5.02 Å². The molecule has 0 aliphatic carbocycles. The molecule has 1 aliphatic heterocycles. The summed E-state index contributed by atoms with van der Waals surface area (Å²) in [6.45, 7) is 5.41. The Morgan fingerprint density at radius 2 is 2.00 bits per heavy atom. The predicted molar refractivity (Wildman–Crippen MR) is 147 cm³/mol. The van der Waals surface area contributed by atoms with Crippen molar-refractivity contribution in [3.8, 4) is 11.3 Å². The molecule has 0 bridgehead atoms. The van der Waals surface area contributed by atoms with E-state index in [0.29, 0.717) is 42.7 Å². The molecule has 2 aromatic carbocycles. The van der Waals surface area contributed by atoms with Gasteiger partial charge >= 0.3 is 5.97 Å². The first-order valence-corrected chi connectivity index (χ1v) is 13.2. The fraction of sp³-hybridized carbons (Fsp3) is 0.179. The number of hydrogen-bond acceptors (Lipinski definition) is 8. The highest BCUT2D eigenvalue weighted by Gasteiger charge is 2.34. The van der Waals surface area contributed by atoms with Crippen LogP contribution in [0, 0.1) is 17.0 Å². The van der Waals surface area contributed by atoms with E-state index in [9.17, 15) is 19.7 Å². The second kappa shape index (κ2) is 10.5. The highest BCUT2D eigenvalue weighted by atomic mass is 35.5. The minimum absolute atomic E-state index is 0.0470. The topological polar surface area (TPSA) is 117 Å². The van der Waals surface area contributed by atoms with Gasteiger partial charge in [0.1, 0.15) is 17.6 Å². The highest BCUT2D eigenvalue weighted by molar-refractivity contribution is 7.07. The lowest BCUT2D eigenvalue weighted by Crippen LogP contribution is -2.40. The van der Waals surface area contributed by atoms with E-state index < -0.39 is 16.9 Å². The van der Waals surface area contributed by atoms with Crippen LogP contribution >= 0.6 is 22.9 Å². The van der Waals surface area contributed by atoms with Crippen molar-refractivity contribution >= 4 is 40.7 Å². The van der Waals surface area contributed by atoms with Gasteiger partial charge in [-0.25, -0.2) is 9.79 Å². The number of fused-ring (bicyclic) bond motifs is 1. The number of non-ortho nitro benzene ring substituents is 1. The van der Waals surface area contributed by atoms with E-state index >= 15 is 0 Å². The Morgan fingerprint density at radius 3 is 2.72 bits per heavy atom. The Kier molecular flexibility index (Phi) is 7.07. The zero-order valence-electron chi connectivity index (χ0n) is 21.1. The number of halogens is 1. The molecule has 3 heterocycles. The van der Waals surface area contributed by atoms with Crippen LogP contribution in [0.25, 0.3) is 17.4 Å². The van der Waals surface area contributed by atoms with Crippen LogP contribution in [-0.4, -0.2) is 22.1 Å². The van der Waals surface area contributed by atoms with Gasteiger partial charge in [0.25, 0.3) is 11.2 Å². The van der Waals surface area contributed by atoms with Gasteiger partial charge < -0.3 is 9.15 Å². The summed E-state index contributed by atoms with van der Waals surface area (Å²) in [5.41, 5.74) is 2.22. The molecular formula is C28H22ClN3O6S. The molecule has 1 atom stereocenters. The third-order valence-corrected chi connectivity index (χ3v) is 7.64. The smallest absolute Gasteiger partial charge is 0.338 e. The molecule has 4 aromatic rings. The lowest BCUT2D eigenvalue weighted by Gasteiger charge is -2.25. The third-order valence-electron chi connectivity index (χ3n) is 6.31. The van der Waals surface area contributed by atoms with Gasteiger partial charge in [-0.3, -0.25) is 19.5 Å². The number of carbonyl (C=O) groups is 1. The van der Waals surface area contributed by atoms with E-state index in [1.54, 1.807) is 62.4 Å². The van der Waals surface area contributed by atoms with E-state index in [2.05, 4.69) is 4.99 Å². The number of nitro groups is 1. The number of rotatable bonds is 6. The molecule has 0 spiro atoms. The number of carbonyl (C=O) groups excluding carboxylic acids is 1. The number of esters is 1. The van der Waals surface area contributed by atoms with Crippen molar-refractivity contribution in [1.29, 1.82) is 0 Å². The van der Waals surface area contributed by atoms with Crippen molar-refractivity contribution in [1.82, 2.24) is 4.57 Å². The van der Waals surface area contributed by atoms with E-state index in [4.69, 9.17) is 20.8 Å². The van der Waals surface area contributed by atoms with Crippen molar-refractivity contribution < 1.29 is 18.9 Å². The maximum Gasteiger partial charge on any atom is 0.338 e. The molecule has 0 fully saturated rings. The number of hydrogen-bond donors (Lipinski definition) is 0. The summed E-state index contributed by atoms with van der Waals surface area (Å²) in [5.74, 6) is 0.252. The number of nitro benzene ring substituents is 1. The largest absolute Gasteiger partial charge is 0.463 e. The fourth-order valence-electron chi connectivity index (χ4n) is 4.48. The van der Waals surface area contributed by atoms with E-state index in [-0.39, 0.29) is 23.4 Å². The molecule has 1 aliphatic rings.